The lowest BCUT2D eigenvalue weighted by atomic mass is 9.85. The molecule has 0 saturated carbocycles. The number of benzene rings is 7. The predicted molar refractivity (Wildman–Crippen MR) is 217 cm³/mol. The van der Waals surface area contributed by atoms with Crippen molar-refractivity contribution in [3.05, 3.63) is 188 Å². The first kappa shape index (κ1) is 29.9. The fourth-order valence-corrected chi connectivity index (χ4v) is 7.71. The average Bonchev–Trinajstić information content (AvgIpc) is 3.23. The zero-order valence-electron chi connectivity index (χ0n) is 28.2. The van der Waals surface area contributed by atoms with Crippen LogP contribution in [-0.2, 0) is 0 Å². The van der Waals surface area contributed by atoms with Gasteiger partial charge in [0.15, 0.2) is 0 Å². The molecule has 0 amide bonds. The Morgan fingerprint density at radius 1 is 0.327 bits per heavy atom. The van der Waals surface area contributed by atoms with Crippen molar-refractivity contribution in [2.45, 2.75) is 0 Å². The molecule has 0 aliphatic rings. The Labute approximate surface area is 301 Å². The topological polar surface area (TPSA) is 38.7 Å². The normalized spacial score (nSPS) is 11.5. The Morgan fingerprint density at radius 2 is 0.942 bits per heavy atom. The molecule has 0 spiro atoms. The lowest BCUT2D eigenvalue weighted by Gasteiger charge is -2.19. The van der Waals surface area contributed by atoms with E-state index in [0.717, 1.165) is 49.9 Å². The van der Waals surface area contributed by atoms with Crippen LogP contribution in [0.15, 0.2) is 188 Å². The summed E-state index contributed by atoms with van der Waals surface area (Å²) in [5, 5.41) is 6.94. The Balaban J connectivity index is 1.20. The summed E-state index contributed by atoms with van der Waals surface area (Å²) in [7, 11) is 0. The molecule has 7 aromatic carbocycles. The quantitative estimate of drug-likeness (QED) is 0.136. The lowest BCUT2D eigenvalue weighted by Crippen LogP contribution is -1.95. The van der Waals surface area contributed by atoms with Gasteiger partial charge in [0, 0.05) is 39.9 Å². The van der Waals surface area contributed by atoms with Gasteiger partial charge in [0.1, 0.15) is 0 Å². The van der Waals surface area contributed by atoms with Gasteiger partial charge in [0.05, 0.1) is 22.4 Å². The third kappa shape index (κ3) is 5.02. The maximum atomic E-state index is 5.20. The molecule has 0 radical (unpaired) electrons. The highest BCUT2D eigenvalue weighted by Gasteiger charge is 2.19. The van der Waals surface area contributed by atoms with E-state index in [1.807, 2.05) is 24.5 Å². The molecule has 0 saturated heterocycles. The van der Waals surface area contributed by atoms with E-state index in [-0.39, 0.29) is 0 Å². The molecule has 3 heterocycles. The highest BCUT2D eigenvalue weighted by Crippen LogP contribution is 2.45. The maximum Gasteiger partial charge on any atom is 0.0978 e. The molecular weight excluding hydrogens is 631 g/mol. The molecule has 52 heavy (non-hydrogen) atoms. The molecule has 3 nitrogen and oxygen atoms in total. The van der Waals surface area contributed by atoms with E-state index in [1.165, 1.54) is 49.4 Å². The van der Waals surface area contributed by atoms with Crippen molar-refractivity contribution >= 4 is 43.4 Å². The van der Waals surface area contributed by atoms with Crippen molar-refractivity contribution < 1.29 is 0 Å². The first-order chi connectivity index (χ1) is 25.8. The molecule has 10 aromatic rings. The molecule has 10 rings (SSSR count). The molecule has 0 fully saturated rings. The SMILES string of the molecule is c1ccc(-c2ccc3c(-c4ccc(-c5cc(-c6ccccc6)nc6c5ccc5cccnc56)nc4)c4ccccc4c(-c4ccccc4)c3c2)cc1. The minimum absolute atomic E-state index is 0.878. The van der Waals surface area contributed by atoms with Gasteiger partial charge in [-0.25, -0.2) is 4.98 Å². The third-order valence-corrected chi connectivity index (χ3v) is 10.1. The molecule has 0 aliphatic heterocycles. The second kappa shape index (κ2) is 12.4. The number of aromatic nitrogens is 3. The monoisotopic (exact) mass is 661 g/mol. The van der Waals surface area contributed by atoms with E-state index in [9.17, 15) is 0 Å². The van der Waals surface area contributed by atoms with Crippen LogP contribution >= 0.6 is 0 Å². The van der Waals surface area contributed by atoms with Crippen LogP contribution in [0.25, 0.3) is 99.2 Å². The molecule has 0 unspecified atom stereocenters. The highest BCUT2D eigenvalue weighted by molar-refractivity contribution is 6.22. The van der Waals surface area contributed by atoms with Gasteiger partial charge in [-0.3, -0.25) is 9.97 Å². The van der Waals surface area contributed by atoms with E-state index < -0.39 is 0 Å². The van der Waals surface area contributed by atoms with Crippen LogP contribution in [0, 0.1) is 0 Å². The predicted octanol–water partition coefficient (Wildman–Crippen LogP) is 12.8. The molecular formula is C49H31N3. The fourth-order valence-electron chi connectivity index (χ4n) is 7.71. The van der Waals surface area contributed by atoms with Crippen molar-refractivity contribution in [1.29, 1.82) is 0 Å². The van der Waals surface area contributed by atoms with Crippen molar-refractivity contribution in [3.8, 4) is 55.9 Å². The van der Waals surface area contributed by atoms with Crippen LogP contribution in [0.2, 0.25) is 0 Å². The minimum atomic E-state index is 0.878. The Morgan fingerprint density at radius 3 is 1.65 bits per heavy atom. The van der Waals surface area contributed by atoms with Crippen LogP contribution in [0.3, 0.4) is 0 Å². The average molecular weight is 662 g/mol. The number of rotatable bonds is 5. The molecule has 242 valence electrons. The largest absolute Gasteiger partial charge is 0.256 e. The van der Waals surface area contributed by atoms with Crippen molar-refractivity contribution in [2.24, 2.45) is 0 Å². The summed E-state index contributed by atoms with van der Waals surface area (Å²) in [4.78, 5) is 15.1. The number of hydrogen-bond donors (Lipinski definition) is 0. The van der Waals surface area contributed by atoms with Gasteiger partial charge in [0.25, 0.3) is 0 Å². The summed E-state index contributed by atoms with van der Waals surface area (Å²) >= 11 is 0. The minimum Gasteiger partial charge on any atom is -0.256 e. The van der Waals surface area contributed by atoms with Gasteiger partial charge in [0.2, 0.25) is 0 Å². The summed E-state index contributed by atoms with van der Waals surface area (Å²) in [6, 6.07) is 62.3. The number of fused-ring (bicyclic) bond motifs is 5. The van der Waals surface area contributed by atoms with Gasteiger partial charge in [-0.15, -0.1) is 0 Å². The Bertz CT molecular complexity index is 2920. The summed E-state index contributed by atoms with van der Waals surface area (Å²) < 4.78 is 0. The molecule has 3 heteroatoms. The summed E-state index contributed by atoms with van der Waals surface area (Å²) in [6.07, 6.45) is 3.88. The second-order valence-electron chi connectivity index (χ2n) is 13.2. The molecule has 0 atom stereocenters. The highest BCUT2D eigenvalue weighted by atomic mass is 14.8. The second-order valence-corrected chi connectivity index (χ2v) is 13.2. The smallest absolute Gasteiger partial charge is 0.0978 e. The van der Waals surface area contributed by atoms with Gasteiger partial charge in [-0.05, 0) is 73.6 Å². The zero-order chi connectivity index (χ0) is 34.4. The first-order valence-electron chi connectivity index (χ1n) is 17.6. The third-order valence-electron chi connectivity index (χ3n) is 10.1. The van der Waals surface area contributed by atoms with Crippen molar-refractivity contribution in [3.63, 3.8) is 0 Å². The van der Waals surface area contributed by atoms with E-state index in [0.29, 0.717) is 0 Å². The van der Waals surface area contributed by atoms with E-state index in [4.69, 9.17) is 15.0 Å². The molecule has 0 bridgehead atoms. The number of hydrogen-bond acceptors (Lipinski definition) is 3. The van der Waals surface area contributed by atoms with Crippen LogP contribution in [0.5, 0.6) is 0 Å². The van der Waals surface area contributed by atoms with Gasteiger partial charge < -0.3 is 0 Å². The Kier molecular flexibility index (Phi) is 7.14. The van der Waals surface area contributed by atoms with E-state index in [1.54, 1.807) is 0 Å². The molecule has 0 aliphatic carbocycles. The van der Waals surface area contributed by atoms with Crippen LogP contribution in [-0.4, -0.2) is 15.0 Å². The Hall–Kier alpha value is -6.97. The summed E-state index contributed by atoms with van der Waals surface area (Å²) in [5.74, 6) is 0. The standard InChI is InChI=1S/C49H31N3/c1-4-13-32(14-5-1)36-23-25-40-43(29-36)46(34-17-8-3-9-18-34)38-20-10-11-21-39(38)47(40)37-24-27-44(51-31-37)42-30-45(33-15-6-2-7-16-33)52-49-41(42)26-22-35-19-12-28-50-48(35)49/h1-31H. The van der Waals surface area contributed by atoms with Crippen LogP contribution in [0.1, 0.15) is 0 Å². The maximum absolute atomic E-state index is 5.20. The molecule has 0 N–H and O–H groups in total. The summed E-state index contributed by atoms with van der Waals surface area (Å²) in [6.45, 7) is 0. The number of pyridine rings is 3. The van der Waals surface area contributed by atoms with E-state index in [2.05, 4.69) is 164 Å². The van der Waals surface area contributed by atoms with Crippen LogP contribution < -0.4 is 0 Å². The van der Waals surface area contributed by atoms with Crippen molar-refractivity contribution in [1.82, 2.24) is 15.0 Å². The fraction of sp³-hybridized carbons (Fsp3) is 0. The molecule has 3 aromatic heterocycles. The van der Waals surface area contributed by atoms with Crippen molar-refractivity contribution in [2.75, 3.05) is 0 Å². The van der Waals surface area contributed by atoms with E-state index >= 15 is 0 Å². The van der Waals surface area contributed by atoms with Gasteiger partial charge >= 0.3 is 0 Å². The zero-order valence-corrected chi connectivity index (χ0v) is 28.2. The van der Waals surface area contributed by atoms with Crippen LogP contribution in [0.4, 0.5) is 0 Å². The number of nitrogens with zero attached hydrogens (tertiary/aromatic N) is 3. The van der Waals surface area contributed by atoms with Gasteiger partial charge in [-0.2, -0.15) is 0 Å². The summed E-state index contributed by atoms with van der Waals surface area (Å²) in [5.41, 5.74) is 12.8. The van der Waals surface area contributed by atoms with Gasteiger partial charge in [-0.1, -0.05) is 152 Å². The lowest BCUT2D eigenvalue weighted by molar-refractivity contribution is 1.32. The first-order valence-corrected chi connectivity index (χ1v) is 17.6.